The highest BCUT2D eigenvalue weighted by Crippen LogP contribution is 2.15. The van der Waals surface area contributed by atoms with E-state index in [0.29, 0.717) is 0 Å². The zero-order valence-corrected chi connectivity index (χ0v) is 8.42. The number of rotatable bonds is 3. The Hall–Kier alpha value is -1.76. The van der Waals surface area contributed by atoms with E-state index in [1.165, 1.54) is 0 Å². The minimum atomic E-state index is -2.92. The average Bonchev–Trinajstić information content (AvgIpc) is 2.26. The number of H-pyrrole nitrogens is 1. The van der Waals surface area contributed by atoms with Crippen molar-refractivity contribution in [2.24, 2.45) is 5.73 Å². The molecule has 0 aliphatic carbocycles. The topological polar surface area (TPSA) is 85.2 Å². The highest BCUT2D eigenvalue weighted by atomic mass is 19.3. The Kier molecular flexibility index (Phi) is 3.73. The molecule has 0 aliphatic heterocycles. The van der Waals surface area contributed by atoms with Gasteiger partial charge in [-0.1, -0.05) is 0 Å². The van der Waals surface area contributed by atoms with Crippen LogP contribution in [0.2, 0.25) is 0 Å². The first-order valence-corrected chi connectivity index (χ1v) is 4.33. The lowest BCUT2D eigenvalue weighted by molar-refractivity contribution is 0.0591. The van der Waals surface area contributed by atoms with Crippen LogP contribution in [0.1, 0.15) is 28.0 Å². The van der Waals surface area contributed by atoms with E-state index in [2.05, 4.69) is 9.72 Å². The number of carbonyl (C=O) groups excluding carboxylic acids is 1. The van der Waals surface area contributed by atoms with E-state index in [0.717, 1.165) is 13.3 Å². The summed E-state index contributed by atoms with van der Waals surface area (Å²) in [5.41, 5.74) is 3.19. The largest absolute Gasteiger partial charge is 0.464 e. The third-order valence-corrected chi connectivity index (χ3v) is 2.04. The van der Waals surface area contributed by atoms with Crippen molar-refractivity contribution in [3.05, 3.63) is 33.2 Å². The van der Waals surface area contributed by atoms with Crippen LogP contribution in [0.25, 0.3) is 0 Å². The molecule has 0 aliphatic rings. The lowest BCUT2D eigenvalue weighted by Crippen LogP contribution is -2.24. The first kappa shape index (κ1) is 12.3. The molecule has 0 radical (unpaired) electrons. The quantitative estimate of drug-likeness (QED) is 0.745. The Bertz CT molecular complexity index is 457. The van der Waals surface area contributed by atoms with E-state index in [-0.39, 0.29) is 17.8 Å². The number of hydrogen-bond donors (Lipinski definition) is 2. The second-order valence-electron chi connectivity index (χ2n) is 2.92. The van der Waals surface area contributed by atoms with Crippen LogP contribution in [0.15, 0.2) is 11.0 Å². The second-order valence-corrected chi connectivity index (χ2v) is 2.92. The molecule has 3 N–H and O–H groups in total. The molecule has 1 aromatic rings. The summed E-state index contributed by atoms with van der Waals surface area (Å²) >= 11 is 0. The van der Waals surface area contributed by atoms with Gasteiger partial charge in [0.2, 0.25) is 0 Å². The number of pyridine rings is 1. The van der Waals surface area contributed by atoms with Gasteiger partial charge in [-0.3, -0.25) is 4.79 Å². The van der Waals surface area contributed by atoms with Crippen molar-refractivity contribution in [2.75, 3.05) is 7.11 Å². The fraction of sp³-hybridized carbons (Fsp3) is 0.333. The molecule has 1 rings (SSSR count). The summed E-state index contributed by atoms with van der Waals surface area (Å²) in [6.45, 7) is -0.319. The Balaban J connectivity index is 3.41. The molecule has 88 valence electrons. The molecule has 0 aromatic carbocycles. The van der Waals surface area contributed by atoms with E-state index in [9.17, 15) is 18.4 Å². The molecular weight excluding hydrogens is 222 g/mol. The molecule has 0 bridgehead atoms. The number of hydrogen-bond acceptors (Lipinski definition) is 4. The van der Waals surface area contributed by atoms with Gasteiger partial charge in [0.1, 0.15) is 5.69 Å². The number of halogens is 2. The lowest BCUT2D eigenvalue weighted by Gasteiger charge is -2.07. The fourth-order valence-corrected chi connectivity index (χ4v) is 1.23. The average molecular weight is 232 g/mol. The smallest absolute Gasteiger partial charge is 0.354 e. The summed E-state index contributed by atoms with van der Waals surface area (Å²) in [5.74, 6) is -0.821. The van der Waals surface area contributed by atoms with Gasteiger partial charge >= 0.3 is 5.97 Å². The first-order chi connectivity index (χ1) is 7.52. The van der Waals surface area contributed by atoms with E-state index in [1.807, 2.05) is 0 Å². The minimum absolute atomic E-state index is 0.195. The van der Waals surface area contributed by atoms with Crippen LogP contribution in [-0.4, -0.2) is 18.1 Å². The number of nitrogens with two attached hydrogens (primary N) is 1. The highest BCUT2D eigenvalue weighted by Gasteiger charge is 2.20. The van der Waals surface area contributed by atoms with Crippen LogP contribution in [-0.2, 0) is 11.3 Å². The molecule has 7 heteroatoms. The number of methoxy groups -OCH3 is 1. The molecule has 5 nitrogen and oxygen atoms in total. The van der Waals surface area contributed by atoms with Crippen LogP contribution in [0, 0.1) is 0 Å². The molecule has 0 unspecified atom stereocenters. The van der Waals surface area contributed by atoms with Gasteiger partial charge in [-0.2, -0.15) is 0 Å². The summed E-state index contributed by atoms with van der Waals surface area (Å²) in [6.07, 6.45) is -2.13. The number of ether oxygens (including phenoxy) is 1. The maximum absolute atomic E-state index is 12.4. The number of alkyl halides is 2. The molecule has 0 saturated heterocycles. The molecule has 0 saturated carbocycles. The minimum Gasteiger partial charge on any atom is -0.464 e. The molecule has 16 heavy (non-hydrogen) atoms. The molecule has 1 heterocycles. The maximum atomic E-state index is 12.4. The Morgan fingerprint density at radius 2 is 2.25 bits per heavy atom. The fourth-order valence-electron chi connectivity index (χ4n) is 1.23. The summed E-state index contributed by atoms with van der Waals surface area (Å²) in [5, 5.41) is 0. The Labute approximate surface area is 89.2 Å². The van der Waals surface area contributed by atoms with Gasteiger partial charge in [-0.15, -0.1) is 0 Å². The van der Waals surface area contributed by atoms with Gasteiger partial charge in [0.15, 0.2) is 5.43 Å². The summed E-state index contributed by atoms with van der Waals surface area (Å²) in [6, 6.07) is 0. The van der Waals surface area contributed by atoms with Crippen molar-refractivity contribution in [1.82, 2.24) is 4.98 Å². The Morgan fingerprint density at radius 3 is 2.69 bits per heavy atom. The number of esters is 1. The van der Waals surface area contributed by atoms with Gasteiger partial charge in [-0.05, 0) is 0 Å². The molecule has 0 fully saturated rings. The predicted molar refractivity (Wildman–Crippen MR) is 51.3 cm³/mol. The predicted octanol–water partition coefficient (Wildman–Crippen LogP) is 0.558. The highest BCUT2D eigenvalue weighted by molar-refractivity contribution is 5.88. The van der Waals surface area contributed by atoms with Crippen molar-refractivity contribution in [2.45, 2.75) is 13.0 Å². The van der Waals surface area contributed by atoms with E-state index < -0.39 is 23.4 Å². The first-order valence-electron chi connectivity index (χ1n) is 4.33. The number of aromatic nitrogens is 1. The van der Waals surface area contributed by atoms with Gasteiger partial charge in [-0.25, -0.2) is 13.6 Å². The molecular formula is C9H10F2N2O3. The van der Waals surface area contributed by atoms with Crippen molar-refractivity contribution < 1.29 is 18.3 Å². The van der Waals surface area contributed by atoms with E-state index in [4.69, 9.17) is 5.73 Å². The van der Waals surface area contributed by atoms with Crippen LogP contribution in [0.3, 0.4) is 0 Å². The normalized spacial score (nSPS) is 10.6. The van der Waals surface area contributed by atoms with Crippen molar-refractivity contribution in [3.63, 3.8) is 0 Å². The third-order valence-electron chi connectivity index (χ3n) is 2.04. The zero-order valence-electron chi connectivity index (χ0n) is 8.42. The van der Waals surface area contributed by atoms with Crippen LogP contribution in [0.4, 0.5) is 8.78 Å². The van der Waals surface area contributed by atoms with Crippen LogP contribution >= 0.6 is 0 Å². The monoisotopic (exact) mass is 232 g/mol. The standard InChI is InChI=1S/C9H10F2N2O3/c1-16-9(15)6-4(2-12)7(14)5(3-13-6)8(10)11/h3,8H,2,12H2,1H3,(H,13,14). The number of aromatic amines is 1. The van der Waals surface area contributed by atoms with Gasteiger partial charge in [0.25, 0.3) is 6.43 Å². The molecule has 1 aromatic heterocycles. The molecule has 0 atom stereocenters. The summed E-state index contributed by atoms with van der Waals surface area (Å²) in [7, 11) is 1.11. The van der Waals surface area contributed by atoms with Crippen LogP contribution in [0.5, 0.6) is 0 Å². The van der Waals surface area contributed by atoms with Gasteiger partial charge in [0, 0.05) is 18.3 Å². The van der Waals surface area contributed by atoms with Gasteiger partial charge in [0.05, 0.1) is 12.7 Å². The van der Waals surface area contributed by atoms with Gasteiger partial charge < -0.3 is 15.5 Å². The SMILES string of the molecule is COC(=O)c1[nH]cc(C(F)F)c(=O)c1CN. The Morgan fingerprint density at radius 1 is 1.62 bits per heavy atom. The third kappa shape index (κ3) is 2.08. The second kappa shape index (κ2) is 4.84. The number of carbonyl (C=O) groups is 1. The van der Waals surface area contributed by atoms with Crippen molar-refractivity contribution in [3.8, 4) is 0 Å². The molecule has 0 spiro atoms. The maximum Gasteiger partial charge on any atom is 0.354 e. The molecule has 0 amide bonds. The number of nitrogens with one attached hydrogen (secondary N) is 1. The van der Waals surface area contributed by atoms with Crippen LogP contribution < -0.4 is 11.2 Å². The lowest BCUT2D eigenvalue weighted by atomic mass is 10.1. The van der Waals surface area contributed by atoms with Crippen molar-refractivity contribution >= 4 is 5.97 Å². The zero-order chi connectivity index (χ0) is 12.3. The van der Waals surface area contributed by atoms with Crippen molar-refractivity contribution in [1.29, 1.82) is 0 Å². The van der Waals surface area contributed by atoms with E-state index in [1.54, 1.807) is 0 Å². The van der Waals surface area contributed by atoms with E-state index >= 15 is 0 Å². The summed E-state index contributed by atoms with van der Waals surface area (Å²) in [4.78, 5) is 25.0. The summed E-state index contributed by atoms with van der Waals surface area (Å²) < 4.78 is 29.1.